The van der Waals surface area contributed by atoms with Gasteiger partial charge in [-0.3, -0.25) is 23.7 Å². The van der Waals surface area contributed by atoms with Crippen LogP contribution < -0.4 is 10.6 Å². The van der Waals surface area contributed by atoms with Gasteiger partial charge in [-0.05, 0) is 83.5 Å². The van der Waals surface area contributed by atoms with Crippen LogP contribution in [0.5, 0.6) is 0 Å². The molecular weight excluding hydrogens is 984 g/mol. The van der Waals surface area contributed by atoms with Crippen LogP contribution in [0.4, 0.5) is 0 Å². The number of esters is 2. The summed E-state index contributed by atoms with van der Waals surface area (Å²) >= 11 is 0. The number of carbonyl (C=O) groups excluding carboxylic acids is 4. The van der Waals surface area contributed by atoms with Crippen LogP contribution in [0, 0.1) is 0 Å². The molecule has 7 atom stereocenters. The SMILES string of the molecule is CCCCCCCC/C=C\CCCCCCCC(=O)OC[C@H](COP(C)(=O)OCCNC(=O)CCCCC(=O)NCCCO[C@@H]1OC(CO)[C@H](O)[C@H](O)C1O)OC(=O)CCCCCCC/C=C\CCCCCCCC. The van der Waals surface area contributed by atoms with E-state index in [0.717, 1.165) is 77.0 Å². The van der Waals surface area contributed by atoms with Gasteiger partial charge in [0.05, 0.1) is 26.4 Å². The molecule has 1 heterocycles. The summed E-state index contributed by atoms with van der Waals surface area (Å²) in [5.74, 6) is -1.31. The minimum Gasteiger partial charge on any atom is -0.462 e. The van der Waals surface area contributed by atoms with Gasteiger partial charge in [0.2, 0.25) is 11.8 Å². The second-order valence-electron chi connectivity index (χ2n) is 20.2. The van der Waals surface area contributed by atoms with Gasteiger partial charge in [-0.15, -0.1) is 0 Å². The zero-order valence-electron chi connectivity index (χ0n) is 46.8. The molecule has 0 saturated carbocycles. The lowest BCUT2D eigenvalue weighted by molar-refractivity contribution is -0.301. The van der Waals surface area contributed by atoms with Gasteiger partial charge < -0.3 is 59.1 Å². The van der Waals surface area contributed by atoms with Crippen molar-refractivity contribution < 1.29 is 72.2 Å². The molecule has 0 aromatic heterocycles. The molecule has 0 spiro atoms. The van der Waals surface area contributed by atoms with Gasteiger partial charge in [-0.2, -0.15) is 0 Å². The summed E-state index contributed by atoms with van der Waals surface area (Å²) in [5, 5.41) is 44.5. The third kappa shape index (κ3) is 41.1. The van der Waals surface area contributed by atoms with E-state index in [2.05, 4.69) is 48.8 Å². The van der Waals surface area contributed by atoms with E-state index in [4.69, 9.17) is 28.0 Å². The number of carbonyl (C=O) groups is 4. The predicted molar refractivity (Wildman–Crippen MR) is 294 cm³/mol. The molecule has 1 fully saturated rings. The highest BCUT2D eigenvalue weighted by Crippen LogP contribution is 2.43. The van der Waals surface area contributed by atoms with E-state index in [1.165, 1.54) is 83.7 Å². The van der Waals surface area contributed by atoms with Crippen LogP contribution in [-0.2, 0) is 51.7 Å². The van der Waals surface area contributed by atoms with Crippen LogP contribution in [0.1, 0.15) is 226 Å². The van der Waals surface area contributed by atoms with E-state index < -0.39 is 63.0 Å². The number of rotatable bonds is 51. The van der Waals surface area contributed by atoms with Crippen LogP contribution in [-0.4, -0.2) is 134 Å². The van der Waals surface area contributed by atoms with E-state index in [9.17, 15) is 44.2 Å². The first-order valence-corrected chi connectivity index (χ1v) is 31.3. The summed E-state index contributed by atoms with van der Waals surface area (Å²) < 4.78 is 46.2. The zero-order chi connectivity index (χ0) is 55.0. The molecule has 0 aromatic rings. The first kappa shape index (κ1) is 70.3. The number of hydrogen-bond donors (Lipinski definition) is 6. The Kier molecular flexibility index (Phi) is 45.4. The summed E-state index contributed by atoms with van der Waals surface area (Å²) in [6, 6.07) is 0. The van der Waals surface area contributed by atoms with Crippen LogP contribution in [0.3, 0.4) is 0 Å². The quantitative estimate of drug-likeness (QED) is 0.0144. The van der Waals surface area contributed by atoms with Crippen molar-refractivity contribution in [1.29, 1.82) is 0 Å². The lowest BCUT2D eigenvalue weighted by Crippen LogP contribution is -2.59. The minimum atomic E-state index is -3.66. The molecule has 3 unspecified atom stereocenters. The van der Waals surface area contributed by atoms with E-state index in [1.807, 2.05) is 0 Å². The number of nitrogens with one attached hydrogen (secondary N) is 2. The largest absolute Gasteiger partial charge is 0.462 e. The van der Waals surface area contributed by atoms with Crippen molar-refractivity contribution in [2.75, 3.05) is 52.8 Å². The number of aliphatic hydroxyl groups excluding tert-OH is 4. The predicted octanol–water partition coefficient (Wildman–Crippen LogP) is 10.4. The van der Waals surface area contributed by atoms with Crippen LogP contribution in [0.25, 0.3) is 0 Å². The Hall–Kier alpha value is -2.73. The Bertz CT molecular complexity index is 1530. The van der Waals surface area contributed by atoms with Gasteiger partial charge in [0.15, 0.2) is 12.4 Å². The van der Waals surface area contributed by atoms with Gasteiger partial charge in [-0.25, -0.2) is 0 Å². The normalized spacial score (nSPS) is 19.1. The maximum absolute atomic E-state index is 13.2. The van der Waals surface area contributed by atoms with Crippen LogP contribution in [0.15, 0.2) is 24.3 Å². The standard InChI is InChI=1S/C57H105N2O15P/c1-4-6-8-10-12-14-16-18-20-22-24-26-28-30-32-39-52(63)70-46-48(73-53(64)40-33-31-29-27-25-23-21-19-17-15-13-11-9-7-5-2)47-72-75(3,68)71-44-42-59-51(62)38-35-34-37-50(61)58-41-36-43-69-57-56(67)55(66)54(65)49(45-60)74-57/h18-21,48-49,54-57,60,65-67H,4-17,22-47H2,1-3H3,(H,58,61)(H,59,62)/b20-18-,21-19-/t48-,49?,54+,55+,56?,57-,75?/m1/s1. The number of hydrogen-bond acceptors (Lipinski definition) is 15. The van der Waals surface area contributed by atoms with Crippen molar-refractivity contribution >= 4 is 31.3 Å². The summed E-state index contributed by atoms with van der Waals surface area (Å²) in [7, 11) is -3.66. The average molecular weight is 1090 g/mol. The fourth-order valence-electron chi connectivity index (χ4n) is 8.41. The van der Waals surface area contributed by atoms with Gasteiger partial charge in [0, 0.05) is 45.4 Å². The molecule has 0 aliphatic carbocycles. The number of ether oxygens (including phenoxy) is 4. The maximum atomic E-state index is 13.2. The van der Waals surface area contributed by atoms with E-state index in [0.29, 0.717) is 32.1 Å². The first-order valence-electron chi connectivity index (χ1n) is 29.3. The highest BCUT2D eigenvalue weighted by molar-refractivity contribution is 7.52. The Balaban J connectivity index is 2.39. The highest BCUT2D eigenvalue weighted by atomic mass is 31.2. The van der Waals surface area contributed by atoms with E-state index >= 15 is 0 Å². The van der Waals surface area contributed by atoms with Crippen molar-refractivity contribution in [1.82, 2.24) is 10.6 Å². The second-order valence-corrected chi connectivity index (χ2v) is 22.3. The summed E-state index contributed by atoms with van der Waals surface area (Å²) in [6.45, 7) is 4.99. The second kappa shape index (κ2) is 48.4. The van der Waals surface area contributed by atoms with Crippen molar-refractivity contribution in [2.24, 2.45) is 0 Å². The lowest BCUT2D eigenvalue weighted by atomic mass is 9.99. The molecule has 75 heavy (non-hydrogen) atoms. The molecule has 1 aliphatic heterocycles. The molecule has 18 heteroatoms. The molecular formula is C57H105N2O15P. The van der Waals surface area contributed by atoms with Gasteiger partial charge in [0.25, 0.3) is 0 Å². The van der Waals surface area contributed by atoms with Crippen molar-refractivity contribution in [3.63, 3.8) is 0 Å². The molecule has 0 aromatic carbocycles. The number of allylic oxidation sites excluding steroid dienone is 4. The number of aliphatic hydroxyl groups is 4. The molecule has 1 saturated heterocycles. The lowest BCUT2D eigenvalue weighted by Gasteiger charge is -2.39. The summed E-state index contributed by atoms with van der Waals surface area (Å²) in [4.78, 5) is 50.3. The van der Waals surface area contributed by atoms with E-state index in [1.54, 1.807) is 0 Å². The molecule has 1 aliphatic rings. The summed E-state index contributed by atoms with van der Waals surface area (Å²) in [6.07, 6.45) is 33.5. The molecule has 2 amide bonds. The minimum absolute atomic E-state index is 0.0635. The van der Waals surface area contributed by atoms with Gasteiger partial charge in [-0.1, -0.05) is 141 Å². The van der Waals surface area contributed by atoms with Crippen molar-refractivity contribution in [3.8, 4) is 0 Å². The first-order chi connectivity index (χ1) is 36.3. The van der Waals surface area contributed by atoms with Crippen LogP contribution >= 0.6 is 7.60 Å². The van der Waals surface area contributed by atoms with Crippen molar-refractivity contribution in [3.05, 3.63) is 24.3 Å². The molecule has 17 nitrogen and oxygen atoms in total. The molecule has 6 N–H and O–H groups in total. The Labute approximate surface area is 452 Å². The van der Waals surface area contributed by atoms with Gasteiger partial charge >= 0.3 is 19.5 Å². The Morgan fingerprint density at radius 3 is 1.49 bits per heavy atom. The monoisotopic (exact) mass is 1090 g/mol. The van der Waals surface area contributed by atoms with E-state index in [-0.39, 0.29) is 77.0 Å². The van der Waals surface area contributed by atoms with Crippen LogP contribution in [0.2, 0.25) is 0 Å². The fraction of sp³-hybridized carbons (Fsp3) is 0.860. The molecule has 438 valence electrons. The maximum Gasteiger partial charge on any atom is 0.327 e. The Morgan fingerprint density at radius 2 is 0.987 bits per heavy atom. The average Bonchev–Trinajstić information content (AvgIpc) is 3.39. The zero-order valence-corrected chi connectivity index (χ0v) is 47.7. The van der Waals surface area contributed by atoms with Gasteiger partial charge in [0.1, 0.15) is 31.0 Å². The number of amides is 2. The topological polar surface area (TPSA) is 246 Å². The number of unbranched alkanes of at least 4 members (excludes halogenated alkanes) is 23. The third-order valence-electron chi connectivity index (χ3n) is 13.1. The molecule has 0 bridgehead atoms. The highest BCUT2D eigenvalue weighted by Gasteiger charge is 2.44. The third-order valence-corrected chi connectivity index (χ3v) is 14.4. The fourth-order valence-corrected chi connectivity index (χ4v) is 9.34. The summed E-state index contributed by atoms with van der Waals surface area (Å²) in [5.41, 5.74) is 0. The molecule has 0 radical (unpaired) electrons. The molecule has 1 rings (SSSR count). The smallest absolute Gasteiger partial charge is 0.327 e. The Morgan fingerprint density at radius 1 is 0.533 bits per heavy atom. The van der Waals surface area contributed by atoms with Crippen molar-refractivity contribution in [2.45, 2.75) is 263 Å².